The van der Waals surface area contributed by atoms with Gasteiger partial charge in [0.25, 0.3) is 0 Å². The summed E-state index contributed by atoms with van der Waals surface area (Å²) in [6.45, 7) is 4.56. The topological polar surface area (TPSA) is 44.8 Å². The molecule has 8 heteroatoms. The fourth-order valence-corrected chi connectivity index (χ4v) is 3.86. The Kier molecular flexibility index (Phi) is 9.91. The minimum Gasteiger partial charge on any atom is -0.489 e. The number of nitrogens with zero attached hydrogens (tertiary/aromatic N) is 2. The third-order valence-corrected chi connectivity index (χ3v) is 6.04. The highest BCUT2D eigenvalue weighted by atomic mass is 35.5. The largest absolute Gasteiger partial charge is 0.489 e. The van der Waals surface area contributed by atoms with Crippen molar-refractivity contribution in [2.75, 3.05) is 39.8 Å². The van der Waals surface area contributed by atoms with Crippen LogP contribution >= 0.6 is 36.4 Å². The SMILES string of the molecule is CN1CCN(C(=O)CN[C@@H]2C[C@H]2c2ccc(OCc3ccc(Cl)cc3)cc2)CC1.Cl.Cl. The van der Waals surface area contributed by atoms with Crippen LogP contribution in [0.3, 0.4) is 0 Å². The van der Waals surface area contributed by atoms with Gasteiger partial charge >= 0.3 is 0 Å². The number of hydrogen-bond acceptors (Lipinski definition) is 4. The van der Waals surface area contributed by atoms with Gasteiger partial charge in [0.2, 0.25) is 5.91 Å². The van der Waals surface area contributed by atoms with Crippen LogP contribution in [0.2, 0.25) is 5.02 Å². The Labute approximate surface area is 201 Å². The second-order valence-electron chi connectivity index (χ2n) is 8.00. The number of ether oxygens (including phenoxy) is 1. The van der Waals surface area contributed by atoms with Crippen molar-refractivity contribution in [1.29, 1.82) is 0 Å². The zero-order valence-corrected chi connectivity index (χ0v) is 20.0. The van der Waals surface area contributed by atoms with Crippen LogP contribution in [0.15, 0.2) is 48.5 Å². The van der Waals surface area contributed by atoms with Gasteiger partial charge in [-0.2, -0.15) is 0 Å². The first kappa shape index (κ1) is 25.8. The first-order valence-corrected chi connectivity index (χ1v) is 10.6. The zero-order valence-electron chi connectivity index (χ0n) is 17.6. The van der Waals surface area contributed by atoms with Gasteiger partial charge in [0.1, 0.15) is 12.4 Å². The molecule has 2 aromatic carbocycles. The highest BCUT2D eigenvalue weighted by molar-refractivity contribution is 6.30. The third kappa shape index (κ3) is 7.26. The van der Waals surface area contributed by atoms with Crippen LogP contribution in [0.4, 0.5) is 0 Å². The van der Waals surface area contributed by atoms with Gasteiger partial charge in [-0.05, 0) is 48.9 Å². The van der Waals surface area contributed by atoms with E-state index in [1.807, 2.05) is 41.3 Å². The third-order valence-electron chi connectivity index (χ3n) is 5.79. The Hall–Kier alpha value is -1.50. The van der Waals surface area contributed by atoms with E-state index in [0.717, 1.165) is 48.9 Å². The van der Waals surface area contributed by atoms with E-state index in [1.165, 1.54) is 5.56 Å². The molecule has 2 fully saturated rings. The molecule has 0 radical (unpaired) electrons. The van der Waals surface area contributed by atoms with Crippen LogP contribution < -0.4 is 10.1 Å². The van der Waals surface area contributed by atoms with E-state index in [1.54, 1.807) is 0 Å². The minimum atomic E-state index is 0. The quantitative estimate of drug-likeness (QED) is 0.643. The summed E-state index contributed by atoms with van der Waals surface area (Å²) in [5, 5.41) is 4.16. The number of hydrogen-bond donors (Lipinski definition) is 1. The van der Waals surface area contributed by atoms with E-state index in [9.17, 15) is 4.79 Å². The second kappa shape index (κ2) is 11.9. The molecule has 0 unspecified atom stereocenters. The predicted octanol–water partition coefficient (Wildman–Crippen LogP) is 3.98. The molecule has 31 heavy (non-hydrogen) atoms. The fourth-order valence-electron chi connectivity index (χ4n) is 3.73. The molecule has 0 spiro atoms. The maximum atomic E-state index is 12.4. The van der Waals surface area contributed by atoms with Crippen LogP contribution in [-0.2, 0) is 11.4 Å². The van der Waals surface area contributed by atoms with E-state index < -0.39 is 0 Å². The Morgan fingerprint density at radius 1 is 1.03 bits per heavy atom. The van der Waals surface area contributed by atoms with Gasteiger partial charge in [0.05, 0.1) is 6.54 Å². The van der Waals surface area contributed by atoms with E-state index in [0.29, 0.717) is 25.1 Å². The highest BCUT2D eigenvalue weighted by Crippen LogP contribution is 2.41. The van der Waals surface area contributed by atoms with Crippen molar-refractivity contribution < 1.29 is 9.53 Å². The lowest BCUT2D eigenvalue weighted by atomic mass is 10.1. The first-order valence-electron chi connectivity index (χ1n) is 10.3. The molecule has 1 N–H and O–H groups in total. The van der Waals surface area contributed by atoms with Gasteiger partial charge in [0, 0.05) is 43.2 Å². The Morgan fingerprint density at radius 2 is 1.68 bits per heavy atom. The summed E-state index contributed by atoms with van der Waals surface area (Å²) in [5.74, 6) is 1.56. The van der Waals surface area contributed by atoms with Gasteiger partial charge in [-0.15, -0.1) is 24.8 Å². The number of nitrogens with one attached hydrogen (secondary N) is 1. The molecule has 1 saturated heterocycles. The maximum Gasteiger partial charge on any atom is 0.236 e. The number of amides is 1. The summed E-state index contributed by atoms with van der Waals surface area (Å²) in [4.78, 5) is 16.6. The molecule has 1 amide bonds. The number of likely N-dealkylation sites (N-methyl/N-ethyl adjacent to an activating group) is 1. The Balaban J connectivity index is 0.00000171. The van der Waals surface area contributed by atoms with Crippen molar-refractivity contribution in [3.63, 3.8) is 0 Å². The zero-order chi connectivity index (χ0) is 20.2. The van der Waals surface area contributed by atoms with E-state index in [4.69, 9.17) is 16.3 Å². The summed E-state index contributed by atoms with van der Waals surface area (Å²) < 4.78 is 5.86. The summed E-state index contributed by atoms with van der Waals surface area (Å²) >= 11 is 5.91. The molecule has 2 aliphatic rings. The van der Waals surface area contributed by atoms with Crippen molar-refractivity contribution in [3.8, 4) is 5.75 Å². The number of carbonyl (C=O) groups is 1. The molecule has 2 aromatic rings. The van der Waals surface area contributed by atoms with E-state index in [2.05, 4.69) is 29.4 Å². The van der Waals surface area contributed by atoms with E-state index in [-0.39, 0.29) is 30.7 Å². The molecular weight excluding hydrogens is 457 g/mol. The highest BCUT2D eigenvalue weighted by Gasteiger charge is 2.38. The fraction of sp³-hybridized carbons (Fsp3) is 0.435. The molecule has 1 aliphatic heterocycles. The van der Waals surface area contributed by atoms with Crippen molar-refractivity contribution in [1.82, 2.24) is 15.1 Å². The standard InChI is InChI=1S/C23H28ClN3O2.2ClH/c1-26-10-12-27(13-11-26)23(28)15-25-22-14-21(22)18-4-8-20(9-5-18)29-16-17-2-6-19(24)7-3-17;;/h2-9,21-22,25H,10-16H2,1H3;2*1H/t21-,22+;;/m0../s1. The van der Waals surface area contributed by atoms with Crippen molar-refractivity contribution in [2.45, 2.75) is 25.0 Å². The molecule has 1 aliphatic carbocycles. The molecule has 0 bridgehead atoms. The second-order valence-corrected chi connectivity index (χ2v) is 8.43. The molecule has 5 nitrogen and oxygen atoms in total. The monoisotopic (exact) mass is 485 g/mol. The Bertz CT molecular complexity index is 825. The predicted molar refractivity (Wildman–Crippen MR) is 130 cm³/mol. The number of benzene rings is 2. The summed E-state index contributed by atoms with van der Waals surface area (Å²) in [6.07, 6.45) is 1.08. The number of carbonyl (C=O) groups excluding carboxylic acids is 1. The van der Waals surface area contributed by atoms with Gasteiger partial charge in [-0.25, -0.2) is 0 Å². The maximum absolute atomic E-state index is 12.4. The van der Waals surface area contributed by atoms with Gasteiger partial charge in [-0.1, -0.05) is 35.9 Å². The van der Waals surface area contributed by atoms with Crippen LogP contribution in [0.1, 0.15) is 23.5 Å². The average Bonchev–Trinajstić information content (AvgIpc) is 3.52. The molecular formula is C23H30Cl3N3O2. The Morgan fingerprint density at radius 3 is 2.32 bits per heavy atom. The minimum absolute atomic E-state index is 0. The lowest BCUT2D eigenvalue weighted by molar-refractivity contribution is -0.131. The lowest BCUT2D eigenvalue weighted by Crippen LogP contribution is -2.49. The smallest absolute Gasteiger partial charge is 0.236 e. The van der Waals surface area contributed by atoms with Crippen LogP contribution in [0.25, 0.3) is 0 Å². The number of rotatable bonds is 7. The summed E-state index contributed by atoms with van der Waals surface area (Å²) in [6, 6.07) is 16.4. The molecule has 1 heterocycles. The lowest BCUT2D eigenvalue weighted by Gasteiger charge is -2.32. The summed E-state index contributed by atoms with van der Waals surface area (Å²) in [7, 11) is 2.10. The normalized spacial score (nSPS) is 20.4. The van der Waals surface area contributed by atoms with Gasteiger partial charge in [-0.3, -0.25) is 4.79 Å². The molecule has 0 aromatic heterocycles. The molecule has 2 atom stereocenters. The van der Waals surface area contributed by atoms with Gasteiger partial charge < -0.3 is 19.9 Å². The average molecular weight is 487 g/mol. The first-order chi connectivity index (χ1) is 14.1. The summed E-state index contributed by atoms with van der Waals surface area (Å²) in [5.41, 5.74) is 2.39. The van der Waals surface area contributed by atoms with Crippen molar-refractivity contribution in [3.05, 3.63) is 64.7 Å². The molecule has 1 saturated carbocycles. The van der Waals surface area contributed by atoms with E-state index >= 15 is 0 Å². The van der Waals surface area contributed by atoms with Crippen molar-refractivity contribution >= 4 is 42.3 Å². The van der Waals surface area contributed by atoms with Crippen LogP contribution in [0.5, 0.6) is 5.75 Å². The number of piperazine rings is 1. The van der Waals surface area contributed by atoms with Crippen LogP contribution in [0, 0.1) is 0 Å². The number of halogens is 3. The molecule has 4 rings (SSSR count). The van der Waals surface area contributed by atoms with Crippen molar-refractivity contribution in [2.24, 2.45) is 0 Å². The van der Waals surface area contributed by atoms with Crippen LogP contribution in [-0.4, -0.2) is 61.5 Å². The molecule has 170 valence electrons. The van der Waals surface area contributed by atoms with Gasteiger partial charge in [0.15, 0.2) is 0 Å².